The summed E-state index contributed by atoms with van der Waals surface area (Å²) >= 11 is 5.94. The second kappa shape index (κ2) is 5.11. The molecule has 104 valence electrons. The Kier molecular flexibility index (Phi) is 3.47. The first kappa shape index (κ1) is 12.9. The highest BCUT2D eigenvalue weighted by Crippen LogP contribution is 2.31. The van der Waals surface area contributed by atoms with Crippen LogP contribution in [-0.2, 0) is 9.47 Å². The van der Waals surface area contributed by atoms with Gasteiger partial charge in [-0.15, -0.1) is 0 Å². The number of nitrogens with zero attached hydrogens (tertiary/aromatic N) is 3. The van der Waals surface area contributed by atoms with E-state index < -0.39 is 0 Å². The van der Waals surface area contributed by atoms with Gasteiger partial charge in [0.05, 0.1) is 12.2 Å². The van der Waals surface area contributed by atoms with Gasteiger partial charge in [-0.05, 0) is 0 Å². The number of anilines is 2. The van der Waals surface area contributed by atoms with E-state index in [1.807, 2.05) is 0 Å². The SMILES string of the molecule is Nc1nc(Cl)cc(N2CCOC3(CCOCC3)C2)n1. The number of halogens is 1. The van der Waals surface area contributed by atoms with Crippen LogP contribution in [0, 0.1) is 0 Å². The van der Waals surface area contributed by atoms with Crippen molar-refractivity contribution in [2.75, 3.05) is 43.5 Å². The molecule has 2 aliphatic heterocycles. The molecule has 1 spiro atoms. The molecule has 0 amide bonds. The molecule has 3 rings (SSSR count). The zero-order valence-corrected chi connectivity index (χ0v) is 11.4. The van der Waals surface area contributed by atoms with Gasteiger partial charge in [0.2, 0.25) is 5.95 Å². The van der Waals surface area contributed by atoms with Crippen molar-refractivity contribution in [2.24, 2.45) is 0 Å². The molecule has 6 nitrogen and oxygen atoms in total. The molecular weight excluding hydrogens is 268 g/mol. The number of ether oxygens (including phenoxy) is 2. The van der Waals surface area contributed by atoms with Gasteiger partial charge in [-0.1, -0.05) is 11.6 Å². The first-order valence-electron chi connectivity index (χ1n) is 6.44. The minimum Gasteiger partial charge on any atom is -0.381 e. The molecule has 2 N–H and O–H groups in total. The monoisotopic (exact) mass is 284 g/mol. The van der Waals surface area contributed by atoms with Gasteiger partial charge in [-0.25, -0.2) is 4.98 Å². The van der Waals surface area contributed by atoms with Gasteiger partial charge < -0.3 is 20.1 Å². The molecule has 2 fully saturated rings. The molecule has 19 heavy (non-hydrogen) atoms. The van der Waals surface area contributed by atoms with Crippen molar-refractivity contribution in [1.82, 2.24) is 9.97 Å². The number of aromatic nitrogens is 2. The van der Waals surface area contributed by atoms with E-state index in [0.717, 1.165) is 45.0 Å². The van der Waals surface area contributed by atoms with Crippen LogP contribution in [0.3, 0.4) is 0 Å². The Morgan fingerprint density at radius 3 is 2.79 bits per heavy atom. The molecule has 1 aromatic rings. The quantitative estimate of drug-likeness (QED) is 0.779. The lowest BCUT2D eigenvalue weighted by atomic mass is 9.92. The zero-order chi connectivity index (χ0) is 13.3. The highest BCUT2D eigenvalue weighted by atomic mass is 35.5. The maximum atomic E-state index is 5.99. The van der Waals surface area contributed by atoms with Gasteiger partial charge in [0.25, 0.3) is 0 Å². The van der Waals surface area contributed by atoms with Crippen molar-refractivity contribution >= 4 is 23.4 Å². The highest BCUT2D eigenvalue weighted by Gasteiger charge is 2.38. The summed E-state index contributed by atoms with van der Waals surface area (Å²) in [5, 5.41) is 0.370. The van der Waals surface area contributed by atoms with Crippen LogP contribution in [-0.4, -0.2) is 48.5 Å². The van der Waals surface area contributed by atoms with Gasteiger partial charge in [0.1, 0.15) is 11.0 Å². The number of morpholine rings is 1. The summed E-state index contributed by atoms with van der Waals surface area (Å²) in [7, 11) is 0. The van der Waals surface area contributed by atoms with Crippen molar-refractivity contribution in [3.63, 3.8) is 0 Å². The van der Waals surface area contributed by atoms with Gasteiger partial charge >= 0.3 is 0 Å². The molecule has 7 heteroatoms. The third-order valence-corrected chi connectivity index (χ3v) is 3.87. The lowest BCUT2D eigenvalue weighted by Gasteiger charge is -2.45. The van der Waals surface area contributed by atoms with E-state index in [4.69, 9.17) is 26.8 Å². The maximum absolute atomic E-state index is 5.99. The molecule has 0 atom stereocenters. The minimum absolute atomic E-state index is 0.122. The van der Waals surface area contributed by atoms with Crippen LogP contribution in [0.2, 0.25) is 5.15 Å². The Balaban J connectivity index is 1.80. The van der Waals surface area contributed by atoms with Crippen molar-refractivity contribution < 1.29 is 9.47 Å². The smallest absolute Gasteiger partial charge is 0.223 e. The molecule has 0 radical (unpaired) electrons. The van der Waals surface area contributed by atoms with E-state index >= 15 is 0 Å². The lowest BCUT2D eigenvalue weighted by molar-refractivity contribution is -0.116. The van der Waals surface area contributed by atoms with Gasteiger partial charge in [0, 0.05) is 45.2 Å². The summed E-state index contributed by atoms with van der Waals surface area (Å²) < 4.78 is 11.4. The fourth-order valence-corrected chi connectivity index (χ4v) is 2.86. The summed E-state index contributed by atoms with van der Waals surface area (Å²) in [5.74, 6) is 0.974. The van der Waals surface area contributed by atoms with Crippen LogP contribution in [0.4, 0.5) is 11.8 Å². The van der Waals surface area contributed by atoms with Crippen LogP contribution in [0.5, 0.6) is 0 Å². The third kappa shape index (κ3) is 2.75. The maximum Gasteiger partial charge on any atom is 0.223 e. The van der Waals surface area contributed by atoms with Crippen LogP contribution in [0.25, 0.3) is 0 Å². The molecule has 0 aliphatic carbocycles. The van der Waals surface area contributed by atoms with Crippen molar-refractivity contribution in [2.45, 2.75) is 18.4 Å². The van der Waals surface area contributed by atoms with E-state index in [1.165, 1.54) is 0 Å². The van der Waals surface area contributed by atoms with Gasteiger partial charge in [-0.2, -0.15) is 4.98 Å². The standard InChI is InChI=1S/C12H17ClN4O2/c13-9-7-10(16-11(14)15-9)17-3-6-19-12(8-17)1-4-18-5-2-12/h7H,1-6,8H2,(H2,14,15,16). The summed E-state index contributed by atoms with van der Waals surface area (Å²) in [6.07, 6.45) is 1.83. The molecule has 2 aliphatic rings. The zero-order valence-electron chi connectivity index (χ0n) is 10.6. The Morgan fingerprint density at radius 1 is 1.26 bits per heavy atom. The van der Waals surface area contributed by atoms with E-state index in [1.54, 1.807) is 6.07 Å². The molecule has 1 aromatic heterocycles. The molecule has 0 saturated carbocycles. The lowest BCUT2D eigenvalue weighted by Crippen LogP contribution is -2.54. The Morgan fingerprint density at radius 2 is 2.05 bits per heavy atom. The third-order valence-electron chi connectivity index (χ3n) is 3.68. The second-order valence-corrected chi connectivity index (χ2v) is 5.36. The molecule has 0 aromatic carbocycles. The second-order valence-electron chi connectivity index (χ2n) is 4.97. The van der Waals surface area contributed by atoms with Gasteiger partial charge in [-0.3, -0.25) is 0 Å². The fraction of sp³-hybridized carbons (Fsp3) is 0.667. The van der Waals surface area contributed by atoms with E-state index in [9.17, 15) is 0 Å². The van der Waals surface area contributed by atoms with Crippen molar-refractivity contribution in [3.8, 4) is 0 Å². The summed E-state index contributed by atoms with van der Waals surface area (Å²) in [4.78, 5) is 10.3. The predicted molar refractivity (Wildman–Crippen MR) is 72.4 cm³/mol. The Bertz CT molecular complexity index is 439. The molecule has 0 unspecified atom stereocenters. The topological polar surface area (TPSA) is 73.5 Å². The summed E-state index contributed by atoms with van der Waals surface area (Å²) in [6.45, 7) is 3.76. The van der Waals surface area contributed by atoms with Crippen LogP contribution >= 0.6 is 11.6 Å². The molecular formula is C12H17ClN4O2. The Labute approximate surface area is 116 Å². The van der Waals surface area contributed by atoms with E-state index in [2.05, 4.69) is 14.9 Å². The van der Waals surface area contributed by atoms with E-state index in [-0.39, 0.29) is 11.5 Å². The normalized spacial score (nSPS) is 22.7. The first-order valence-corrected chi connectivity index (χ1v) is 6.81. The van der Waals surface area contributed by atoms with Crippen LogP contribution in [0.15, 0.2) is 6.07 Å². The molecule has 2 saturated heterocycles. The Hall–Kier alpha value is -1.11. The minimum atomic E-state index is -0.122. The van der Waals surface area contributed by atoms with E-state index in [0.29, 0.717) is 11.8 Å². The van der Waals surface area contributed by atoms with Crippen molar-refractivity contribution in [3.05, 3.63) is 11.2 Å². The molecule has 0 bridgehead atoms. The number of hydrogen-bond donors (Lipinski definition) is 1. The van der Waals surface area contributed by atoms with Crippen LogP contribution in [0.1, 0.15) is 12.8 Å². The van der Waals surface area contributed by atoms with Gasteiger partial charge in [0.15, 0.2) is 0 Å². The number of nitrogen functional groups attached to an aromatic ring is 1. The highest BCUT2D eigenvalue weighted by molar-refractivity contribution is 6.29. The largest absolute Gasteiger partial charge is 0.381 e. The first-order chi connectivity index (χ1) is 9.17. The molecule has 3 heterocycles. The number of nitrogens with two attached hydrogens (primary N) is 1. The van der Waals surface area contributed by atoms with Crippen molar-refractivity contribution in [1.29, 1.82) is 0 Å². The summed E-state index contributed by atoms with van der Waals surface area (Å²) in [5.41, 5.74) is 5.53. The summed E-state index contributed by atoms with van der Waals surface area (Å²) in [6, 6.07) is 1.75. The number of hydrogen-bond acceptors (Lipinski definition) is 6. The number of rotatable bonds is 1. The van der Waals surface area contributed by atoms with Crippen LogP contribution < -0.4 is 10.6 Å². The predicted octanol–water partition coefficient (Wildman–Crippen LogP) is 1.10. The average molecular weight is 285 g/mol. The average Bonchev–Trinajstić information content (AvgIpc) is 2.38. The fourth-order valence-electron chi connectivity index (χ4n) is 2.67.